The summed E-state index contributed by atoms with van der Waals surface area (Å²) < 4.78 is 109. The second kappa shape index (κ2) is 33.7. The third-order valence-corrected chi connectivity index (χ3v) is 29.0. The van der Waals surface area contributed by atoms with Crippen LogP contribution in [0.1, 0.15) is 147 Å². The van der Waals surface area contributed by atoms with Crippen LogP contribution >= 0.6 is 23.2 Å². The molecule has 0 unspecified atom stereocenters. The van der Waals surface area contributed by atoms with E-state index in [0.29, 0.717) is 114 Å². The van der Waals surface area contributed by atoms with E-state index in [0.717, 1.165) is 164 Å². The quantitative estimate of drug-likeness (QED) is 0.0887. The molecule has 568 valence electrons. The lowest BCUT2D eigenvalue weighted by atomic mass is 9.64. The van der Waals surface area contributed by atoms with Crippen molar-refractivity contribution < 1.29 is 64.3 Å². The minimum atomic E-state index is -3.93. The molecule has 0 radical (unpaired) electrons. The van der Waals surface area contributed by atoms with Crippen molar-refractivity contribution in [3.05, 3.63) is 141 Å². The fourth-order valence-electron chi connectivity index (χ4n) is 18.4. The number of methoxy groups -OCH3 is 2. The Morgan fingerprint density at radius 2 is 0.971 bits per heavy atom. The van der Waals surface area contributed by atoms with Crippen LogP contribution in [0.4, 0.5) is 11.4 Å². The van der Waals surface area contributed by atoms with Gasteiger partial charge in [-0.3, -0.25) is 19.4 Å². The van der Waals surface area contributed by atoms with Crippen LogP contribution in [0.2, 0.25) is 10.0 Å². The molecule has 4 aromatic rings. The number of hydrogen-bond donors (Lipinski definition) is 2. The number of rotatable bonds is 14. The van der Waals surface area contributed by atoms with Gasteiger partial charge in [-0.1, -0.05) is 73.5 Å². The molecule has 2 saturated carbocycles. The lowest BCUT2D eigenvalue weighted by Gasteiger charge is -2.50. The Morgan fingerprint density at radius 3 is 1.36 bits per heavy atom. The number of aryl methyl sites for hydroxylation is 2. The Morgan fingerprint density at radius 1 is 0.548 bits per heavy atom. The van der Waals surface area contributed by atoms with Crippen molar-refractivity contribution >= 4 is 66.4 Å². The summed E-state index contributed by atoms with van der Waals surface area (Å²) in [6.07, 6.45) is 21.0. The monoisotopic (exact) mass is 1510 g/mol. The SMILES string of the molecule is CC[C@@H]1CC/C=C/[C@@](COCCN2CCOCC2)(OC)[C@@H]2CC[C@H]2CN2C[C@@]3(CCCc4cc(Cl)ccc43)COc3ccc(cc32)C(=O)NS1(=O)=O.CC[C@@H]1CC/C=C/[C@](COCCN2CCOCC2)(OC)[C@@H]2CC[C@H]2CN2C[C@@]3(CCCc4cc(Cl)ccc43)COc3ccc(cc32)C(=O)NS1(=O)=O. The first-order chi connectivity index (χ1) is 50.3. The number of carbonyl (C=O) groups is 2. The van der Waals surface area contributed by atoms with E-state index in [1.807, 2.05) is 50.2 Å². The highest BCUT2D eigenvalue weighted by Gasteiger charge is 2.52. The molecular formula is C80H108Cl2N6O14S2. The molecular weight excluding hydrogens is 1400 g/mol. The fraction of sp³-hybridized carbons (Fsp3) is 0.625. The zero-order chi connectivity index (χ0) is 72.7. The molecule has 2 amide bonds. The normalized spacial score (nSPS) is 31.3. The van der Waals surface area contributed by atoms with E-state index in [-0.39, 0.29) is 34.5 Å². The van der Waals surface area contributed by atoms with Gasteiger partial charge in [0.15, 0.2) is 0 Å². The van der Waals surface area contributed by atoms with Crippen LogP contribution in [-0.4, -0.2) is 206 Å². The molecule has 24 heteroatoms. The molecule has 4 bridgehead atoms. The number of hydrogen-bond acceptors (Lipinski definition) is 18. The summed E-state index contributed by atoms with van der Waals surface area (Å²) >= 11 is 13.0. The van der Waals surface area contributed by atoms with E-state index < -0.39 is 53.6 Å². The van der Waals surface area contributed by atoms with Gasteiger partial charge in [-0.15, -0.1) is 0 Å². The number of halogens is 2. The Hall–Kier alpha value is -5.34. The molecule has 6 heterocycles. The van der Waals surface area contributed by atoms with Crippen molar-refractivity contribution in [1.29, 1.82) is 0 Å². The molecule has 6 aliphatic heterocycles. The van der Waals surface area contributed by atoms with Crippen molar-refractivity contribution in [2.75, 3.05) is 156 Å². The Balaban J connectivity index is 0.000000185. The molecule has 4 fully saturated rings. The molecule has 4 aromatic carbocycles. The number of nitrogens with one attached hydrogen (secondary N) is 2. The first-order valence-corrected chi connectivity index (χ1v) is 42.1. The predicted octanol–water partition coefficient (Wildman–Crippen LogP) is 11.5. The summed E-state index contributed by atoms with van der Waals surface area (Å²) in [6.45, 7) is 17.9. The third kappa shape index (κ3) is 16.9. The molecule has 14 rings (SSSR count). The Bertz CT molecular complexity index is 3720. The maximum absolute atomic E-state index is 13.6. The van der Waals surface area contributed by atoms with E-state index in [1.54, 1.807) is 26.4 Å². The van der Waals surface area contributed by atoms with Crippen LogP contribution in [0.5, 0.6) is 11.5 Å². The molecule has 2 spiro atoms. The van der Waals surface area contributed by atoms with Crippen molar-refractivity contribution in [1.82, 2.24) is 19.2 Å². The zero-order valence-corrected chi connectivity index (χ0v) is 64.4. The molecule has 2 saturated heterocycles. The number of sulfonamides is 2. The molecule has 2 N–H and O–H groups in total. The molecule has 0 aromatic heterocycles. The van der Waals surface area contributed by atoms with E-state index >= 15 is 0 Å². The summed E-state index contributed by atoms with van der Waals surface area (Å²) in [5.74, 6) is 1.11. The first kappa shape index (κ1) is 76.8. The number of ether oxygens (including phenoxy) is 8. The number of amides is 2. The van der Waals surface area contributed by atoms with Crippen LogP contribution in [0.25, 0.3) is 0 Å². The molecule has 10 atom stereocenters. The largest absolute Gasteiger partial charge is 0.490 e. The summed E-state index contributed by atoms with van der Waals surface area (Å²) in [7, 11) is -4.31. The lowest BCUT2D eigenvalue weighted by Crippen LogP contribution is -2.55. The van der Waals surface area contributed by atoms with Gasteiger partial charge >= 0.3 is 0 Å². The van der Waals surface area contributed by atoms with Crippen LogP contribution < -0.4 is 28.7 Å². The number of nitrogens with zero attached hydrogens (tertiary/aromatic N) is 4. The van der Waals surface area contributed by atoms with E-state index in [9.17, 15) is 26.4 Å². The minimum Gasteiger partial charge on any atom is -0.490 e. The van der Waals surface area contributed by atoms with E-state index in [2.05, 4.69) is 77.6 Å². The van der Waals surface area contributed by atoms with Crippen LogP contribution in [0, 0.1) is 23.7 Å². The van der Waals surface area contributed by atoms with Gasteiger partial charge in [-0.25, -0.2) is 26.3 Å². The summed E-state index contributed by atoms with van der Waals surface area (Å²) in [5, 5.41) is 0.0473. The highest BCUT2D eigenvalue weighted by molar-refractivity contribution is 7.91. The summed E-state index contributed by atoms with van der Waals surface area (Å²) in [5.41, 5.74) is 5.39. The van der Waals surface area contributed by atoms with Gasteiger partial charge in [0, 0.05) is 112 Å². The van der Waals surface area contributed by atoms with Gasteiger partial charge < -0.3 is 47.7 Å². The fourth-order valence-corrected chi connectivity index (χ4v) is 21.6. The van der Waals surface area contributed by atoms with Crippen LogP contribution in [-0.2, 0) is 72.1 Å². The maximum Gasteiger partial charge on any atom is 0.264 e. The van der Waals surface area contributed by atoms with Crippen LogP contribution in [0.3, 0.4) is 0 Å². The van der Waals surface area contributed by atoms with Crippen molar-refractivity contribution in [2.24, 2.45) is 23.7 Å². The predicted molar refractivity (Wildman–Crippen MR) is 406 cm³/mol. The molecule has 4 aliphatic carbocycles. The number of anilines is 2. The number of fused-ring (bicyclic) bond motifs is 8. The Labute approximate surface area is 626 Å². The second-order valence-electron chi connectivity index (χ2n) is 30.8. The topological polar surface area (TPSA) is 213 Å². The number of allylic oxidation sites excluding steroid dienone is 2. The van der Waals surface area contributed by atoms with Crippen molar-refractivity contribution in [3.8, 4) is 11.5 Å². The van der Waals surface area contributed by atoms with Gasteiger partial charge in [0.1, 0.15) is 22.7 Å². The summed E-state index contributed by atoms with van der Waals surface area (Å²) in [4.78, 5) is 36.8. The van der Waals surface area contributed by atoms with E-state index in [4.69, 9.17) is 61.1 Å². The second-order valence-corrected chi connectivity index (χ2v) is 35.6. The molecule has 104 heavy (non-hydrogen) atoms. The maximum atomic E-state index is 13.6. The standard InChI is InChI=1S/2C40H54ClN3O7S/c2*1-3-33-8-4-5-16-40(48-2,28-50-22-19-43-17-20-49-21-18-43)35-12-9-31(35)25-44-26-39(15-6-7-29-23-32(41)11-13-34(29)39)27-51-37-14-10-30(24-36(37)44)38(45)42-52(33,46)47/h2*5,10-11,13-14,16,23-24,31,33,35H,3-4,6-9,12,15,17-22,25-28H2,1-2H3,(H,42,45)/b2*16-5+/t31-,33+,35+,39-,40+;31-,33+,35+,39-,40-/m00/s1. The average molecular weight is 1510 g/mol. The van der Waals surface area contributed by atoms with E-state index in [1.165, 1.54) is 22.3 Å². The van der Waals surface area contributed by atoms with Gasteiger partial charge in [0.25, 0.3) is 11.8 Å². The lowest BCUT2D eigenvalue weighted by molar-refractivity contribution is -0.120. The van der Waals surface area contributed by atoms with Gasteiger partial charge in [0.2, 0.25) is 20.0 Å². The molecule has 10 aliphatic rings. The number of morpholine rings is 2. The zero-order valence-electron chi connectivity index (χ0n) is 61.2. The van der Waals surface area contributed by atoms with Crippen LogP contribution in [0.15, 0.2) is 97.1 Å². The van der Waals surface area contributed by atoms with Gasteiger partial charge in [-0.2, -0.15) is 0 Å². The highest BCUT2D eigenvalue weighted by atomic mass is 35.5. The van der Waals surface area contributed by atoms with Gasteiger partial charge in [-0.05, 0) is 209 Å². The smallest absolute Gasteiger partial charge is 0.264 e. The average Bonchev–Trinajstić information content (AvgIpc) is 1.42. The van der Waals surface area contributed by atoms with Crippen molar-refractivity contribution in [3.63, 3.8) is 0 Å². The Kier molecular flexibility index (Phi) is 24.9. The summed E-state index contributed by atoms with van der Waals surface area (Å²) in [6, 6.07) is 23.1. The highest BCUT2D eigenvalue weighted by Crippen LogP contribution is 2.52. The molecule has 20 nitrogen and oxygen atoms in total. The number of benzene rings is 4. The minimum absolute atomic E-state index is 0.184. The van der Waals surface area contributed by atoms with Gasteiger partial charge in [0.05, 0.1) is 87.9 Å². The third-order valence-electron chi connectivity index (χ3n) is 24.7. The number of carbonyl (C=O) groups excluding carboxylic acids is 2. The first-order valence-electron chi connectivity index (χ1n) is 38.3. The van der Waals surface area contributed by atoms with Crippen molar-refractivity contribution in [2.45, 2.75) is 149 Å².